The monoisotopic (exact) mass is 385 g/mol. The highest BCUT2D eigenvalue weighted by molar-refractivity contribution is 9.10. The van der Waals surface area contributed by atoms with Crippen LogP contribution in [0, 0.1) is 6.92 Å². The summed E-state index contributed by atoms with van der Waals surface area (Å²) in [5.41, 5.74) is 0.190. The molecule has 0 saturated heterocycles. The fourth-order valence-corrected chi connectivity index (χ4v) is 2.95. The van der Waals surface area contributed by atoms with Crippen molar-refractivity contribution in [2.45, 2.75) is 13.5 Å². The molecule has 0 aliphatic carbocycles. The van der Waals surface area contributed by atoms with Crippen molar-refractivity contribution < 1.29 is 14.3 Å². The maximum atomic E-state index is 12.0. The number of methoxy groups -OCH3 is 1. The van der Waals surface area contributed by atoms with E-state index in [2.05, 4.69) is 31.0 Å². The highest BCUT2D eigenvalue weighted by Gasteiger charge is 2.17. The molecule has 0 spiro atoms. The summed E-state index contributed by atoms with van der Waals surface area (Å²) in [5, 5.41) is 2.85. The molecule has 7 nitrogen and oxygen atoms in total. The number of halogens is 1. The lowest BCUT2D eigenvalue weighted by molar-refractivity contribution is -0.116. The second-order valence-corrected chi connectivity index (χ2v) is 6.20. The van der Waals surface area contributed by atoms with E-state index in [-0.39, 0.29) is 17.2 Å². The quantitative estimate of drug-likeness (QED) is 0.810. The highest BCUT2D eigenvalue weighted by atomic mass is 79.9. The van der Waals surface area contributed by atoms with E-state index in [4.69, 9.17) is 0 Å². The van der Waals surface area contributed by atoms with E-state index in [1.165, 1.54) is 23.9 Å². The van der Waals surface area contributed by atoms with Gasteiger partial charge in [0.25, 0.3) is 5.56 Å². The Morgan fingerprint density at radius 3 is 2.86 bits per heavy atom. The predicted molar refractivity (Wildman–Crippen MR) is 85.2 cm³/mol. The van der Waals surface area contributed by atoms with Gasteiger partial charge in [-0.05, 0) is 28.9 Å². The normalized spacial score (nSPS) is 10.3. The summed E-state index contributed by atoms with van der Waals surface area (Å²) in [4.78, 5) is 39.5. The molecule has 0 atom stereocenters. The predicted octanol–water partition coefficient (Wildman–Crippen LogP) is 1.80. The highest BCUT2D eigenvalue weighted by Crippen LogP contribution is 2.23. The molecule has 0 fully saturated rings. The number of pyridine rings is 1. The number of esters is 1. The lowest BCUT2D eigenvalue weighted by atomic mass is 10.4. The number of carbonyl (C=O) groups is 2. The molecule has 22 heavy (non-hydrogen) atoms. The van der Waals surface area contributed by atoms with E-state index in [0.29, 0.717) is 15.0 Å². The van der Waals surface area contributed by atoms with Crippen LogP contribution in [0.3, 0.4) is 0 Å². The molecule has 9 heteroatoms. The topological polar surface area (TPSA) is 90.3 Å². The Hall–Kier alpha value is -2.00. The number of anilines is 1. The van der Waals surface area contributed by atoms with Gasteiger partial charge in [-0.25, -0.2) is 9.78 Å². The Bertz CT molecular complexity index is 784. The third-order valence-electron chi connectivity index (χ3n) is 2.68. The van der Waals surface area contributed by atoms with Crippen molar-refractivity contribution in [3.8, 4) is 0 Å². The summed E-state index contributed by atoms with van der Waals surface area (Å²) in [5.74, 6) is -0.913. The van der Waals surface area contributed by atoms with Crippen LogP contribution in [-0.2, 0) is 16.1 Å². The zero-order valence-corrected chi connectivity index (χ0v) is 14.2. The SMILES string of the molecule is COC(=O)c1sc(NC(=O)Cn2cc(Br)ccc2=O)nc1C. The fraction of sp³-hybridized carbons (Fsp3) is 0.231. The molecule has 1 amide bonds. The van der Waals surface area contributed by atoms with E-state index in [1.54, 1.807) is 13.0 Å². The number of carbonyl (C=O) groups excluding carboxylic acids is 2. The minimum atomic E-state index is -0.501. The van der Waals surface area contributed by atoms with Gasteiger partial charge in [0.2, 0.25) is 5.91 Å². The van der Waals surface area contributed by atoms with Gasteiger partial charge in [-0.1, -0.05) is 11.3 Å². The van der Waals surface area contributed by atoms with Crippen LogP contribution in [0.25, 0.3) is 0 Å². The first-order chi connectivity index (χ1) is 10.4. The van der Waals surface area contributed by atoms with Gasteiger partial charge in [0.1, 0.15) is 11.4 Å². The zero-order valence-electron chi connectivity index (χ0n) is 11.8. The number of aromatic nitrogens is 2. The molecular formula is C13H12BrN3O4S. The molecule has 0 saturated carbocycles. The lowest BCUT2D eigenvalue weighted by Gasteiger charge is -2.05. The summed E-state index contributed by atoms with van der Waals surface area (Å²) >= 11 is 4.26. The number of hydrogen-bond donors (Lipinski definition) is 1. The molecule has 2 aromatic heterocycles. The number of hydrogen-bond acceptors (Lipinski definition) is 6. The summed E-state index contributed by atoms with van der Waals surface area (Å²) in [7, 11) is 1.28. The fourth-order valence-electron chi connectivity index (χ4n) is 1.67. The summed E-state index contributed by atoms with van der Waals surface area (Å²) < 4.78 is 6.59. The summed E-state index contributed by atoms with van der Waals surface area (Å²) in [6.07, 6.45) is 1.52. The Kier molecular flexibility index (Phi) is 5.09. The van der Waals surface area contributed by atoms with Gasteiger partial charge in [0.15, 0.2) is 5.13 Å². The number of rotatable bonds is 4. The summed E-state index contributed by atoms with van der Waals surface area (Å²) in [6.45, 7) is 1.50. The van der Waals surface area contributed by atoms with Crippen molar-refractivity contribution in [2.75, 3.05) is 12.4 Å². The first-order valence-corrected chi connectivity index (χ1v) is 7.73. The minimum Gasteiger partial charge on any atom is -0.465 e. The van der Waals surface area contributed by atoms with E-state index in [1.807, 2.05) is 0 Å². The standard InChI is InChI=1S/C13H12BrN3O4S/c1-7-11(12(20)21-2)22-13(15-7)16-9(18)6-17-5-8(14)3-4-10(17)19/h3-5H,6H2,1-2H3,(H,15,16,18). The van der Waals surface area contributed by atoms with Crippen LogP contribution in [0.5, 0.6) is 0 Å². The van der Waals surface area contributed by atoms with E-state index >= 15 is 0 Å². The second-order valence-electron chi connectivity index (χ2n) is 4.29. The van der Waals surface area contributed by atoms with Crippen LogP contribution < -0.4 is 10.9 Å². The Balaban J connectivity index is 2.11. The van der Waals surface area contributed by atoms with Gasteiger partial charge in [-0.2, -0.15) is 0 Å². The molecule has 2 heterocycles. The first kappa shape index (κ1) is 16.4. The number of ether oxygens (including phenoxy) is 1. The van der Waals surface area contributed by atoms with Crippen LogP contribution in [0.4, 0.5) is 5.13 Å². The van der Waals surface area contributed by atoms with Crippen molar-refractivity contribution in [3.05, 3.63) is 43.7 Å². The molecule has 0 unspecified atom stereocenters. The van der Waals surface area contributed by atoms with E-state index < -0.39 is 11.9 Å². The van der Waals surface area contributed by atoms with Gasteiger partial charge >= 0.3 is 5.97 Å². The van der Waals surface area contributed by atoms with Crippen molar-refractivity contribution in [1.82, 2.24) is 9.55 Å². The van der Waals surface area contributed by atoms with Crippen molar-refractivity contribution in [3.63, 3.8) is 0 Å². The van der Waals surface area contributed by atoms with Gasteiger partial charge in [0, 0.05) is 16.7 Å². The molecule has 0 aromatic carbocycles. The molecule has 2 aromatic rings. The lowest BCUT2D eigenvalue weighted by Crippen LogP contribution is -2.26. The van der Waals surface area contributed by atoms with Gasteiger partial charge < -0.3 is 14.6 Å². The Morgan fingerprint density at radius 1 is 1.45 bits per heavy atom. The third kappa shape index (κ3) is 3.80. The maximum Gasteiger partial charge on any atom is 0.350 e. The van der Waals surface area contributed by atoms with Gasteiger partial charge in [-0.3, -0.25) is 9.59 Å². The van der Waals surface area contributed by atoms with Crippen LogP contribution in [0.2, 0.25) is 0 Å². The number of nitrogens with zero attached hydrogens (tertiary/aromatic N) is 2. The van der Waals surface area contributed by atoms with Crippen LogP contribution in [0.1, 0.15) is 15.4 Å². The van der Waals surface area contributed by atoms with Gasteiger partial charge in [-0.15, -0.1) is 0 Å². The average molecular weight is 386 g/mol. The second kappa shape index (κ2) is 6.84. The minimum absolute atomic E-state index is 0.148. The van der Waals surface area contributed by atoms with Crippen molar-refractivity contribution in [2.24, 2.45) is 0 Å². The van der Waals surface area contributed by atoms with E-state index in [9.17, 15) is 14.4 Å². The zero-order chi connectivity index (χ0) is 16.3. The number of nitrogens with one attached hydrogen (secondary N) is 1. The van der Waals surface area contributed by atoms with Gasteiger partial charge in [0.05, 0.1) is 12.8 Å². The molecule has 0 radical (unpaired) electrons. The number of aryl methyl sites for hydroxylation is 1. The van der Waals surface area contributed by atoms with Crippen molar-refractivity contribution in [1.29, 1.82) is 0 Å². The number of thiazole rings is 1. The average Bonchev–Trinajstić information content (AvgIpc) is 2.82. The Labute approximate surface area is 138 Å². The summed E-state index contributed by atoms with van der Waals surface area (Å²) in [6, 6.07) is 2.96. The smallest absolute Gasteiger partial charge is 0.350 e. The molecule has 0 aliphatic heterocycles. The first-order valence-electron chi connectivity index (χ1n) is 6.12. The van der Waals surface area contributed by atoms with Crippen molar-refractivity contribution >= 4 is 44.3 Å². The van der Waals surface area contributed by atoms with Crippen LogP contribution >= 0.6 is 27.3 Å². The molecule has 0 bridgehead atoms. The molecule has 116 valence electrons. The maximum absolute atomic E-state index is 12.0. The van der Waals surface area contributed by atoms with E-state index in [0.717, 1.165) is 11.3 Å². The molecular weight excluding hydrogens is 374 g/mol. The third-order valence-corrected chi connectivity index (χ3v) is 4.20. The molecule has 0 aliphatic rings. The molecule has 1 N–H and O–H groups in total. The number of amides is 1. The van der Waals surface area contributed by atoms with Crippen LogP contribution in [-0.4, -0.2) is 28.5 Å². The van der Waals surface area contributed by atoms with Crippen LogP contribution in [0.15, 0.2) is 27.6 Å². The Morgan fingerprint density at radius 2 is 2.18 bits per heavy atom. The largest absolute Gasteiger partial charge is 0.465 e. The molecule has 2 rings (SSSR count).